The summed E-state index contributed by atoms with van der Waals surface area (Å²) in [4.78, 5) is 30.7. The number of amides is 1. The fourth-order valence-electron chi connectivity index (χ4n) is 3.76. The van der Waals surface area contributed by atoms with Crippen molar-refractivity contribution in [3.63, 3.8) is 0 Å². The first-order chi connectivity index (χ1) is 16.4. The lowest BCUT2D eigenvalue weighted by Gasteiger charge is -2.14. The Kier molecular flexibility index (Phi) is 7.23. The van der Waals surface area contributed by atoms with Gasteiger partial charge < -0.3 is 14.8 Å². The Balaban J connectivity index is 1.57. The molecule has 0 atom stereocenters. The zero-order valence-electron chi connectivity index (χ0n) is 19.4. The fourth-order valence-corrected chi connectivity index (χ4v) is 5.37. The van der Waals surface area contributed by atoms with Gasteiger partial charge in [-0.3, -0.25) is 14.2 Å². The summed E-state index contributed by atoms with van der Waals surface area (Å²) < 4.78 is 12.9. The van der Waals surface area contributed by atoms with Crippen LogP contribution < -0.4 is 20.3 Å². The minimum atomic E-state index is -0.179. The van der Waals surface area contributed by atoms with Crippen molar-refractivity contribution in [2.24, 2.45) is 0 Å². The number of thiophene rings is 1. The molecule has 0 saturated heterocycles. The number of nitrogens with one attached hydrogen (secondary N) is 1. The Labute approximate surface area is 205 Å². The molecule has 7 nitrogen and oxygen atoms in total. The lowest BCUT2D eigenvalue weighted by Crippen LogP contribution is -2.26. The van der Waals surface area contributed by atoms with E-state index >= 15 is 0 Å². The molecule has 4 rings (SSSR count). The van der Waals surface area contributed by atoms with Gasteiger partial charge >= 0.3 is 0 Å². The maximum atomic E-state index is 13.3. The van der Waals surface area contributed by atoms with Crippen LogP contribution in [0.2, 0.25) is 0 Å². The molecule has 0 spiro atoms. The number of nitrogens with zero attached hydrogens (tertiary/aromatic N) is 2. The predicted molar refractivity (Wildman–Crippen MR) is 137 cm³/mol. The Bertz CT molecular complexity index is 1390. The number of carbonyl (C=O) groups excluding carboxylic acids is 1. The lowest BCUT2D eigenvalue weighted by atomic mass is 10.1. The van der Waals surface area contributed by atoms with E-state index in [1.165, 1.54) is 23.1 Å². The van der Waals surface area contributed by atoms with Crippen LogP contribution in [-0.4, -0.2) is 35.4 Å². The molecule has 2 aromatic carbocycles. The van der Waals surface area contributed by atoms with E-state index in [0.29, 0.717) is 33.4 Å². The standard InChI is InChI=1S/C25H25N3O4S2/c1-15-10-16(2)12-18(11-15)28-24(30)23-19(8-9-33-23)27-25(28)34-14-21(29)26-13-17-6-5-7-20(31-3)22(17)32-4/h5-12H,13-14H2,1-4H3,(H,26,29). The quantitative estimate of drug-likeness (QED) is 0.287. The minimum Gasteiger partial charge on any atom is -0.493 e. The second-order valence-corrected chi connectivity index (χ2v) is 9.59. The Morgan fingerprint density at radius 2 is 1.88 bits per heavy atom. The number of thioether (sulfide) groups is 1. The third-order valence-corrected chi connectivity index (χ3v) is 7.04. The molecule has 1 amide bonds. The van der Waals surface area contributed by atoms with Crippen molar-refractivity contribution in [2.45, 2.75) is 25.5 Å². The third-order valence-electron chi connectivity index (χ3n) is 5.21. The molecule has 0 bridgehead atoms. The first kappa shape index (κ1) is 23.8. The number of benzene rings is 2. The van der Waals surface area contributed by atoms with Crippen LogP contribution in [0.15, 0.2) is 57.8 Å². The van der Waals surface area contributed by atoms with E-state index in [9.17, 15) is 9.59 Å². The lowest BCUT2D eigenvalue weighted by molar-refractivity contribution is -0.118. The average Bonchev–Trinajstić information content (AvgIpc) is 3.29. The van der Waals surface area contributed by atoms with Crippen LogP contribution in [-0.2, 0) is 11.3 Å². The van der Waals surface area contributed by atoms with Gasteiger partial charge in [-0.2, -0.15) is 0 Å². The fraction of sp³-hybridized carbons (Fsp3) is 0.240. The number of fused-ring (bicyclic) bond motifs is 1. The molecule has 0 fully saturated rings. The number of hydrogen-bond donors (Lipinski definition) is 1. The number of aryl methyl sites for hydroxylation is 2. The zero-order chi connectivity index (χ0) is 24.2. The summed E-state index contributed by atoms with van der Waals surface area (Å²) in [5.41, 5.74) is 4.16. The summed E-state index contributed by atoms with van der Waals surface area (Å²) in [6.07, 6.45) is 0. The zero-order valence-corrected chi connectivity index (χ0v) is 21.0. The van der Waals surface area contributed by atoms with Crippen molar-refractivity contribution in [1.29, 1.82) is 0 Å². The van der Waals surface area contributed by atoms with Gasteiger partial charge in [0.2, 0.25) is 5.91 Å². The van der Waals surface area contributed by atoms with Crippen molar-refractivity contribution in [3.05, 3.63) is 74.9 Å². The second kappa shape index (κ2) is 10.3. The number of aromatic nitrogens is 2. The number of carbonyl (C=O) groups is 1. The number of rotatable bonds is 8. The highest BCUT2D eigenvalue weighted by Gasteiger charge is 2.17. The van der Waals surface area contributed by atoms with Crippen molar-refractivity contribution in [1.82, 2.24) is 14.9 Å². The van der Waals surface area contributed by atoms with Gasteiger partial charge in [0.25, 0.3) is 5.56 Å². The van der Waals surface area contributed by atoms with Crippen LogP contribution in [0.3, 0.4) is 0 Å². The average molecular weight is 496 g/mol. The largest absolute Gasteiger partial charge is 0.493 e. The van der Waals surface area contributed by atoms with Gasteiger partial charge in [0.15, 0.2) is 16.7 Å². The van der Waals surface area contributed by atoms with Crippen LogP contribution in [0.1, 0.15) is 16.7 Å². The molecule has 9 heteroatoms. The number of hydrogen-bond acceptors (Lipinski definition) is 7. The van der Waals surface area contributed by atoms with E-state index in [-0.39, 0.29) is 17.2 Å². The van der Waals surface area contributed by atoms with Gasteiger partial charge in [0.1, 0.15) is 4.70 Å². The molecule has 34 heavy (non-hydrogen) atoms. The molecule has 0 saturated carbocycles. The number of para-hydroxylation sites is 1. The van der Waals surface area contributed by atoms with Gasteiger partial charge in [-0.05, 0) is 54.6 Å². The maximum absolute atomic E-state index is 13.3. The molecule has 1 N–H and O–H groups in total. The van der Waals surface area contributed by atoms with Gasteiger partial charge in [0, 0.05) is 12.1 Å². The highest BCUT2D eigenvalue weighted by molar-refractivity contribution is 7.99. The van der Waals surface area contributed by atoms with Crippen molar-refractivity contribution >= 4 is 39.2 Å². The van der Waals surface area contributed by atoms with Crippen molar-refractivity contribution in [2.75, 3.05) is 20.0 Å². The summed E-state index contributed by atoms with van der Waals surface area (Å²) in [7, 11) is 3.14. The van der Waals surface area contributed by atoms with E-state index in [1.807, 2.05) is 49.6 Å². The summed E-state index contributed by atoms with van der Waals surface area (Å²) in [5.74, 6) is 1.13. The summed E-state index contributed by atoms with van der Waals surface area (Å²) in [5, 5.41) is 5.25. The molecular formula is C25H25N3O4S2. The molecule has 0 aliphatic rings. The molecule has 0 aliphatic carbocycles. The highest BCUT2D eigenvalue weighted by atomic mass is 32.2. The third kappa shape index (κ3) is 4.95. The van der Waals surface area contributed by atoms with Crippen LogP contribution in [0, 0.1) is 13.8 Å². The SMILES string of the molecule is COc1cccc(CNC(=O)CSc2nc3ccsc3c(=O)n2-c2cc(C)cc(C)c2)c1OC. The maximum Gasteiger partial charge on any atom is 0.276 e. The topological polar surface area (TPSA) is 82.5 Å². The molecule has 4 aromatic rings. The first-order valence-corrected chi connectivity index (χ1v) is 12.5. The molecule has 176 valence electrons. The predicted octanol–water partition coefficient (Wildman–Crippen LogP) is 4.49. The molecular weight excluding hydrogens is 470 g/mol. The van der Waals surface area contributed by atoms with Crippen LogP contribution in [0.25, 0.3) is 15.9 Å². The monoisotopic (exact) mass is 495 g/mol. The summed E-state index contributed by atoms with van der Waals surface area (Å²) in [6, 6.07) is 13.3. The highest BCUT2D eigenvalue weighted by Crippen LogP contribution is 2.30. The molecule has 0 radical (unpaired) electrons. The van der Waals surface area contributed by atoms with Crippen LogP contribution in [0.4, 0.5) is 0 Å². The smallest absolute Gasteiger partial charge is 0.276 e. The summed E-state index contributed by atoms with van der Waals surface area (Å²) >= 11 is 2.61. The van der Waals surface area contributed by atoms with Gasteiger partial charge in [0.05, 0.1) is 31.2 Å². The molecule has 0 aliphatic heterocycles. The Morgan fingerprint density at radius 3 is 2.59 bits per heavy atom. The minimum absolute atomic E-state index is 0.110. The number of ether oxygens (including phenoxy) is 2. The Hall–Kier alpha value is -3.30. The number of methoxy groups -OCH3 is 2. The van der Waals surface area contributed by atoms with E-state index in [4.69, 9.17) is 14.5 Å². The first-order valence-electron chi connectivity index (χ1n) is 10.6. The van der Waals surface area contributed by atoms with E-state index in [2.05, 4.69) is 11.4 Å². The van der Waals surface area contributed by atoms with Crippen molar-refractivity contribution in [3.8, 4) is 17.2 Å². The molecule has 2 aromatic heterocycles. The molecule has 0 unspecified atom stereocenters. The van der Waals surface area contributed by atoms with Crippen LogP contribution >= 0.6 is 23.1 Å². The van der Waals surface area contributed by atoms with Gasteiger partial charge in [-0.25, -0.2) is 4.98 Å². The summed E-state index contributed by atoms with van der Waals surface area (Å²) in [6.45, 7) is 4.28. The van der Waals surface area contributed by atoms with Crippen molar-refractivity contribution < 1.29 is 14.3 Å². The normalized spacial score (nSPS) is 10.9. The van der Waals surface area contributed by atoms with E-state index in [0.717, 1.165) is 22.4 Å². The van der Waals surface area contributed by atoms with Gasteiger partial charge in [-0.1, -0.05) is 30.0 Å². The second-order valence-electron chi connectivity index (χ2n) is 7.73. The van der Waals surface area contributed by atoms with Gasteiger partial charge in [-0.15, -0.1) is 11.3 Å². The molecule has 2 heterocycles. The van der Waals surface area contributed by atoms with Crippen LogP contribution in [0.5, 0.6) is 11.5 Å². The van der Waals surface area contributed by atoms with E-state index in [1.54, 1.807) is 24.9 Å². The van der Waals surface area contributed by atoms with E-state index < -0.39 is 0 Å². The Morgan fingerprint density at radius 1 is 1.12 bits per heavy atom.